The van der Waals surface area contributed by atoms with E-state index >= 15 is 0 Å². The van der Waals surface area contributed by atoms with Crippen molar-refractivity contribution in [2.75, 3.05) is 44.4 Å². The minimum atomic E-state index is -0.454. The Balaban J connectivity index is 1.24. The van der Waals surface area contributed by atoms with Gasteiger partial charge in [-0.25, -0.2) is 9.18 Å². The summed E-state index contributed by atoms with van der Waals surface area (Å²) in [6.45, 7) is 4.00. The van der Waals surface area contributed by atoms with Crippen LogP contribution < -0.4 is 19.7 Å². The van der Waals surface area contributed by atoms with Crippen LogP contribution in [0.15, 0.2) is 72.8 Å². The standard InChI is InChI=1S/C27H28FN3O4/c28-22-7-9-23(10-8-22)30-12-14-31(15-13-30)24(21-6-11-25-26(16-21)35-19-34-25)17-29-27(32)33-18-20-4-2-1-3-5-20/h1-11,16,24H,12-15,17-19H2,(H,29,32). The van der Waals surface area contributed by atoms with Gasteiger partial charge in [0.05, 0.1) is 6.04 Å². The third kappa shape index (κ3) is 5.66. The maximum Gasteiger partial charge on any atom is 0.407 e. The lowest BCUT2D eigenvalue weighted by molar-refractivity contribution is 0.130. The summed E-state index contributed by atoms with van der Waals surface area (Å²) in [7, 11) is 0. The molecule has 2 heterocycles. The third-order valence-electron chi connectivity index (χ3n) is 6.38. The number of carbonyl (C=O) groups is 1. The number of carbonyl (C=O) groups excluding carboxylic acids is 1. The molecule has 3 aromatic carbocycles. The highest BCUT2D eigenvalue weighted by molar-refractivity contribution is 5.67. The number of halogens is 1. The monoisotopic (exact) mass is 477 g/mol. The lowest BCUT2D eigenvalue weighted by atomic mass is 10.0. The second-order valence-corrected chi connectivity index (χ2v) is 8.57. The van der Waals surface area contributed by atoms with E-state index in [1.54, 1.807) is 0 Å². The molecular formula is C27H28FN3O4. The van der Waals surface area contributed by atoms with E-state index in [9.17, 15) is 9.18 Å². The highest BCUT2D eigenvalue weighted by Gasteiger charge is 2.27. The van der Waals surface area contributed by atoms with Gasteiger partial charge in [-0.15, -0.1) is 0 Å². The van der Waals surface area contributed by atoms with E-state index < -0.39 is 6.09 Å². The van der Waals surface area contributed by atoms with Crippen molar-refractivity contribution in [1.29, 1.82) is 0 Å². The van der Waals surface area contributed by atoms with Gasteiger partial charge in [-0.2, -0.15) is 0 Å². The predicted octanol–water partition coefficient (Wildman–Crippen LogP) is 4.34. The van der Waals surface area contributed by atoms with Crippen LogP contribution in [0, 0.1) is 5.82 Å². The van der Waals surface area contributed by atoms with Gasteiger partial charge in [-0.1, -0.05) is 36.4 Å². The molecule has 1 amide bonds. The third-order valence-corrected chi connectivity index (χ3v) is 6.38. The summed E-state index contributed by atoms with van der Waals surface area (Å²) in [5.41, 5.74) is 2.98. The average Bonchev–Trinajstić information content (AvgIpc) is 3.37. The molecule has 2 aliphatic heterocycles. The van der Waals surface area contributed by atoms with Crippen LogP contribution in [-0.4, -0.2) is 50.5 Å². The quantitative estimate of drug-likeness (QED) is 0.546. The number of anilines is 1. The molecule has 0 aromatic heterocycles. The fraction of sp³-hybridized carbons (Fsp3) is 0.296. The molecule has 1 unspecified atom stereocenters. The van der Waals surface area contributed by atoms with Gasteiger partial charge in [0.15, 0.2) is 11.5 Å². The van der Waals surface area contributed by atoms with Gasteiger partial charge < -0.3 is 24.4 Å². The minimum Gasteiger partial charge on any atom is -0.454 e. The van der Waals surface area contributed by atoms with Crippen molar-refractivity contribution in [3.8, 4) is 11.5 Å². The summed E-state index contributed by atoms with van der Waals surface area (Å²) in [6.07, 6.45) is -0.454. The zero-order valence-corrected chi connectivity index (χ0v) is 19.4. The van der Waals surface area contributed by atoms with Crippen molar-refractivity contribution < 1.29 is 23.4 Å². The Morgan fingerprint density at radius 3 is 2.46 bits per heavy atom. The van der Waals surface area contributed by atoms with Crippen molar-refractivity contribution in [3.05, 3.63) is 89.7 Å². The molecule has 1 atom stereocenters. The van der Waals surface area contributed by atoms with Crippen LogP contribution in [0.25, 0.3) is 0 Å². The van der Waals surface area contributed by atoms with Crippen molar-refractivity contribution in [2.24, 2.45) is 0 Å². The van der Waals surface area contributed by atoms with Gasteiger partial charge in [-0.3, -0.25) is 4.90 Å². The van der Waals surface area contributed by atoms with Crippen molar-refractivity contribution in [1.82, 2.24) is 10.2 Å². The minimum absolute atomic E-state index is 0.0656. The Labute approximate surface area is 204 Å². The largest absolute Gasteiger partial charge is 0.454 e. The Bertz CT molecular complexity index is 1130. The average molecular weight is 478 g/mol. The van der Waals surface area contributed by atoms with Crippen molar-refractivity contribution in [2.45, 2.75) is 12.6 Å². The molecule has 1 N–H and O–H groups in total. The number of nitrogens with zero attached hydrogens (tertiary/aromatic N) is 2. The molecule has 8 heteroatoms. The SMILES string of the molecule is O=C(NCC(c1ccc2c(c1)OCO2)N1CCN(c2ccc(F)cc2)CC1)OCc1ccccc1. The number of amides is 1. The maximum atomic E-state index is 13.3. The number of hydrogen-bond acceptors (Lipinski definition) is 6. The van der Waals surface area contributed by atoms with E-state index in [0.717, 1.165) is 48.7 Å². The normalized spacial score (nSPS) is 16.1. The first-order valence-corrected chi connectivity index (χ1v) is 11.7. The second kappa shape index (κ2) is 10.7. The van der Waals surface area contributed by atoms with Crippen LogP contribution >= 0.6 is 0 Å². The first-order chi connectivity index (χ1) is 17.2. The van der Waals surface area contributed by atoms with E-state index in [4.69, 9.17) is 14.2 Å². The number of piperazine rings is 1. The molecule has 0 saturated carbocycles. The molecule has 0 aliphatic carbocycles. The number of rotatable bonds is 7. The molecule has 7 nitrogen and oxygen atoms in total. The number of alkyl carbamates (subject to hydrolysis) is 1. The molecule has 1 fully saturated rings. The summed E-state index contributed by atoms with van der Waals surface area (Å²) in [6, 6.07) is 22.0. The van der Waals surface area contributed by atoms with E-state index in [1.165, 1.54) is 12.1 Å². The summed E-state index contributed by atoms with van der Waals surface area (Å²) < 4.78 is 29.8. The van der Waals surface area contributed by atoms with Crippen LogP contribution in [0.5, 0.6) is 11.5 Å². The van der Waals surface area contributed by atoms with E-state index in [2.05, 4.69) is 15.1 Å². The Kier molecular flexibility index (Phi) is 6.99. The van der Waals surface area contributed by atoms with Gasteiger partial charge in [0.1, 0.15) is 12.4 Å². The first-order valence-electron chi connectivity index (χ1n) is 11.7. The molecule has 5 rings (SSSR count). The number of ether oxygens (including phenoxy) is 3. The molecule has 35 heavy (non-hydrogen) atoms. The molecular weight excluding hydrogens is 449 g/mol. The molecule has 2 aliphatic rings. The smallest absolute Gasteiger partial charge is 0.407 e. The highest BCUT2D eigenvalue weighted by atomic mass is 19.1. The summed E-state index contributed by atoms with van der Waals surface area (Å²) >= 11 is 0. The Morgan fingerprint density at radius 2 is 1.69 bits per heavy atom. The van der Waals surface area contributed by atoms with Crippen molar-refractivity contribution >= 4 is 11.8 Å². The molecule has 0 spiro atoms. The zero-order chi connectivity index (χ0) is 24.0. The lowest BCUT2D eigenvalue weighted by Crippen LogP contribution is -2.50. The number of fused-ring (bicyclic) bond motifs is 1. The van der Waals surface area contributed by atoms with Gasteiger partial charge in [0.2, 0.25) is 6.79 Å². The second-order valence-electron chi connectivity index (χ2n) is 8.57. The van der Waals surface area contributed by atoms with Gasteiger partial charge in [0, 0.05) is 38.4 Å². The van der Waals surface area contributed by atoms with E-state index in [1.807, 2.05) is 60.7 Å². The number of benzene rings is 3. The Hall–Kier alpha value is -3.78. The Morgan fingerprint density at radius 1 is 0.943 bits per heavy atom. The van der Waals surface area contributed by atoms with Gasteiger partial charge in [0.25, 0.3) is 0 Å². The fourth-order valence-electron chi connectivity index (χ4n) is 4.48. The van der Waals surface area contributed by atoms with Crippen LogP contribution in [0.2, 0.25) is 0 Å². The fourth-order valence-corrected chi connectivity index (χ4v) is 4.48. The predicted molar refractivity (Wildman–Crippen MR) is 130 cm³/mol. The molecule has 0 radical (unpaired) electrons. The van der Waals surface area contributed by atoms with Gasteiger partial charge in [-0.05, 0) is 47.5 Å². The van der Waals surface area contributed by atoms with Gasteiger partial charge >= 0.3 is 6.09 Å². The number of hydrogen-bond donors (Lipinski definition) is 1. The summed E-state index contributed by atoms with van der Waals surface area (Å²) in [5, 5.41) is 2.94. The summed E-state index contributed by atoms with van der Waals surface area (Å²) in [5.74, 6) is 1.20. The van der Waals surface area contributed by atoms with Crippen LogP contribution in [0.4, 0.5) is 14.9 Å². The maximum absolute atomic E-state index is 13.3. The zero-order valence-electron chi connectivity index (χ0n) is 19.4. The van der Waals surface area contributed by atoms with E-state index in [0.29, 0.717) is 12.3 Å². The van der Waals surface area contributed by atoms with E-state index in [-0.39, 0.29) is 25.3 Å². The van der Waals surface area contributed by atoms with Crippen LogP contribution in [0.3, 0.4) is 0 Å². The first kappa shape index (κ1) is 23.0. The van der Waals surface area contributed by atoms with Crippen LogP contribution in [0.1, 0.15) is 17.2 Å². The molecule has 3 aromatic rings. The molecule has 0 bridgehead atoms. The van der Waals surface area contributed by atoms with Crippen LogP contribution in [-0.2, 0) is 11.3 Å². The lowest BCUT2D eigenvalue weighted by Gasteiger charge is -2.40. The number of nitrogens with one attached hydrogen (secondary N) is 1. The topological polar surface area (TPSA) is 63.3 Å². The molecule has 182 valence electrons. The van der Waals surface area contributed by atoms with Crippen molar-refractivity contribution in [3.63, 3.8) is 0 Å². The molecule has 1 saturated heterocycles. The summed E-state index contributed by atoms with van der Waals surface area (Å²) in [4.78, 5) is 17.0. The highest BCUT2D eigenvalue weighted by Crippen LogP contribution is 2.35.